The molecule has 0 bridgehead atoms. The van der Waals surface area contributed by atoms with Gasteiger partial charge < -0.3 is 4.90 Å². The van der Waals surface area contributed by atoms with Crippen LogP contribution >= 0.6 is 43.2 Å². The molecule has 5 heteroatoms. The van der Waals surface area contributed by atoms with E-state index >= 15 is 0 Å². The first kappa shape index (κ1) is 13.2. The Labute approximate surface area is 111 Å². The lowest BCUT2D eigenvalue weighted by atomic mass is 10.3. The van der Waals surface area contributed by atoms with E-state index in [1.165, 1.54) is 11.3 Å². The number of carbonyl (C=O) groups excluding carboxylic acids is 1. The Kier molecular flexibility index (Phi) is 5.29. The second-order valence-corrected chi connectivity index (χ2v) is 5.94. The van der Waals surface area contributed by atoms with Crippen molar-refractivity contribution in [1.29, 1.82) is 0 Å². The summed E-state index contributed by atoms with van der Waals surface area (Å²) < 4.78 is 0.887. The molecule has 1 aromatic rings. The summed E-state index contributed by atoms with van der Waals surface area (Å²) in [6.45, 7) is 4.80. The zero-order valence-corrected chi connectivity index (χ0v) is 12.7. The maximum atomic E-state index is 12.1. The van der Waals surface area contributed by atoms with Gasteiger partial charge in [-0.1, -0.05) is 15.9 Å². The predicted octanol–water partition coefficient (Wildman–Crippen LogP) is 3.76. The third-order valence-electron chi connectivity index (χ3n) is 2.02. The fourth-order valence-corrected chi connectivity index (χ4v) is 3.14. The number of hydrogen-bond donors (Lipinski definition) is 0. The first-order valence-electron chi connectivity index (χ1n) is 4.67. The quantitative estimate of drug-likeness (QED) is 0.754. The van der Waals surface area contributed by atoms with Gasteiger partial charge in [-0.25, -0.2) is 0 Å². The number of hydrogen-bond acceptors (Lipinski definition) is 2. The lowest BCUT2D eigenvalue weighted by Crippen LogP contribution is -2.38. The molecule has 0 aromatic carbocycles. The highest BCUT2D eigenvalue weighted by atomic mass is 79.9. The number of halogens is 2. The maximum Gasteiger partial charge on any atom is 0.265 e. The molecule has 0 spiro atoms. The summed E-state index contributed by atoms with van der Waals surface area (Å²) in [6.07, 6.45) is 0. The number of amides is 1. The minimum absolute atomic E-state index is 0.103. The van der Waals surface area contributed by atoms with Crippen molar-refractivity contribution >= 4 is 49.1 Å². The van der Waals surface area contributed by atoms with Crippen LogP contribution in [0.2, 0.25) is 0 Å². The summed E-state index contributed by atoms with van der Waals surface area (Å²) in [5, 5.41) is 2.73. The molecule has 0 radical (unpaired) electrons. The molecule has 0 atom stereocenters. The Bertz CT molecular complexity index is 338. The molecule has 15 heavy (non-hydrogen) atoms. The van der Waals surface area contributed by atoms with Gasteiger partial charge in [-0.05, 0) is 41.2 Å². The molecule has 0 N–H and O–H groups in total. The van der Waals surface area contributed by atoms with Crippen LogP contribution in [0.5, 0.6) is 0 Å². The summed E-state index contributed by atoms with van der Waals surface area (Å²) in [5.41, 5.74) is 0. The van der Waals surface area contributed by atoms with Gasteiger partial charge >= 0.3 is 0 Å². The van der Waals surface area contributed by atoms with Crippen LogP contribution < -0.4 is 0 Å². The Morgan fingerprint density at radius 1 is 1.60 bits per heavy atom. The molecule has 1 amide bonds. The molecule has 0 saturated heterocycles. The van der Waals surface area contributed by atoms with Gasteiger partial charge in [0.2, 0.25) is 0 Å². The molecular weight excluding hydrogens is 342 g/mol. The predicted molar refractivity (Wildman–Crippen MR) is 72.0 cm³/mol. The van der Waals surface area contributed by atoms with Crippen molar-refractivity contribution in [2.45, 2.75) is 19.9 Å². The van der Waals surface area contributed by atoms with Crippen molar-refractivity contribution in [2.75, 3.05) is 11.9 Å². The molecule has 1 rings (SSSR count). The van der Waals surface area contributed by atoms with E-state index in [1.54, 1.807) is 0 Å². The number of nitrogens with zero attached hydrogens (tertiary/aromatic N) is 1. The topological polar surface area (TPSA) is 20.3 Å². The van der Waals surface area contributed by atoms with E-state index in [2.05, 4.69) is 31.9 Å². The smallest absolute Gasteiger partial charge is 0.265 e. The zero-order valence-electron chi connectivity index (χ0n) is 8.67. The largest absolute Gasteiger partial charge is 0.335 e. The van der Waals surface area contributed by atoms with Crippen molar-refractivity contribution in [1.82, 2.24) is 4.90 Å². The normalized spacial score (nSPS) is 10.7. The fourth-order valence-electron chi connectivity index (χ4n) is 1.26. The lowest BCUT2D eigenvalue weighted by Gasteiger charge is -2.25. The van der Waals surface area contributed by atoms with Gasteiger partial charge in [-0.2, -0.15) is 0 Å². The molecule has 0 saturated carbocycles. The molecule has 0 aliphatic rings. The Balaban J connectivity index is 2.86. The zero-order chi connectivity index (χ0) is 11.4. The molecule has 0 aliphatic carbocycles. The minimum atomic E-state index is 0.103. The van der Waals surface area contributed by atoms with Gasteiger partial charge in [0.15, 0.2) is 0 Å². The van der Waals surface area contributed by atoms with Crippen LogP contribution in [0.3, 0.4) is 0 Å². The summed E-state index contributed by atoms with van der Waals surface area (Å²) in [7, 11) is 0. The standard InChI is InChI=1S/C10H13Br2NOS/c1-7(2)13(5-4-11)10(14)9-8(12)3-6-15-9/h3,6-7H,4-5H2,1-2H3. The summed E-state index contributed by atoms with van der Waals surface area (Å²) >= 11 is 8.23. The molecule has 0 aliphatic heterocycles. The Morgan fingerprint density at radius 3 is 2.67 bits per heavy atom. The monoisotopic (exact) mass is 353 g/mol. The third-order valence-corrected chi connectivity index (χ3v) is 4.20. The van der Waals surface area contributed by atoms with Gasteiger partial charge in [0, 0.05) is 22.4 Å². The molecule has 84 valence electrons. The molecule has 2 nitrogen and oxygen atoms in total. The van der Waals surface area contributed by atoms with E-state index in [-0.39, 0.29) is 11.9 Å². The summed E-state index contributed by atoms with van der Waals surface area (Å²) in [5.74, 6) is 0.103. The minimum Gasteiger partial charge on any atom is -0.335 e. The van der Waals surface area contributed by atoms with Crippen LogP contribution in [-0.2, 0) is 0 Å². The second-order valence-electron chi connectivity index (χ2n) is 3.38. The third kappa shape index (κ3) is 3.29. The van der Waals surface area contributed by atoms with Crippen molar-refractivity contribution in [3.63, 3.8) is 0 Å². The van der Waals surface area contributed by atoms with Crippen molar-refractivity contribution in [3.05, 3.63) is 20.8 Å². The van der Waals surface area contributed by atoms with E-state index < -0.39 is 0 Å². The fraction of sp³-hybridized carbons (Fsp3) is 0.500. The molecule has 1 heterocycles. The number of carbonyl (C=O) groups is 1. The van der Waals surface area contributed by atoms with E-state index in [0.717, 1.165) is 21.2 Å². The SMILES string of the molecule is CC(C)N(CCBr)C(=O)c1sccc1Br. The Morgan fingerprint density at radius 2 is 2.27 bits per heavy atom. The van der Waals surface area contributed by atoms with Gasteiger partial charge in [0.25, 0.3) is 5.91 Å². The van der Waals surface area contributed by atoms with Crippen molar-refractivity contribution < 1.29 is 4.79 Å². The summed E-state index contributed by atoms with van der Waals surface area (Å²) in [4.78, 5) is 14.8. The average Bonchev–Trinajstić information content (AvgIpc) is 2.59. The summed E-state index contributed by atoms with van der Waals surface area (Å²) in [6, 6.07) is 2.13. The number of alkyl halides is 1. The van der Waals surface area contributed by atoms with Crippen LogP contribution in [0, 0.1) is 0 Å². The first-order valence-corrected chi connectivity index (χ1v) is 7.47. The van der Waals surface area contributed by atoms with Crippen molar-refractivity contribution in [2.24, 2.45) is 0 Å². The number of thiophene rings is 1. The Hall–Kier alpha value is 0.130. The van der Waals surface area contributed by atoms with Crippen LogP contribution in [0.4, 0.5) is 0 Å². The maximum absolute atomic E-state index is 12.1. The number of rotatable bonds is 4. The first-order chi connectivity index (χ1) is 7.07. The van der Waals surface area contributed by atoms with Gasteiger partial charge in [0.1, 0.15) is 4.88 Å². The molecule has 0 unspecified atom stereocenters. The van der Waals surface area contributed by atoms with Gasteiger partial charge in [-0.15, -0.1) is 11.3 Å². The van der Waals surface area contributed by atoms with Crippen LogP contribution in [0.15, 0.2) is 15.9 Å². The lowest BCUT2D eigenvalue weighted by molar-refractivity contribution is 0.0723. The highest BCUT2D eigenvalue weighted by molar-refractivity contribution is 9.10. The van der Waals surface area contributed by atoms with Crippen LogP contribution in [-0.4, -0.2) is 28.7 Å². The second kappa shape index (κ2) is 6.01. The van der Waals surface area contributed by atoms with Crippen LogP contribution in [0.1, 0.15) is 23.5 Å². The van der Waals surface area contributed by atoms with Gasteiger partial charge in [0.05, 0.1) is 0 Å². The van der Waals surface area contributed by atoms with E-state index in [4.69, 9.17) is 0 Å². The van der Waals surface area contributed by atoms with E-state index in [0.29, 0.717) is 0 Å². The van der Waals surface area contributed by atoms with Gasteiger partial charge in [-0.3, -0.25) is 4.79 Å². The highest BCUT2D eigenvalue weighted by Crippen LogP contribution is 2.24. The van der Waals surface area contributed by atoms with Crippen molar-refractivity contribution in [3.8, 4) is 0 Å². The highest BCUT2D eigenvalue weighted by Gasteiger charge is 2.20. The average molecular weight is 355 g/mol. The molecular formula is C10H13Br2NOS. The van der Waals surface area contributed by atoms with E-state index in [9.17, 15) is 4.79 Å². The van der Waals surface area contributed by atoms with E-state index in [1.807, 2.05) is 30.2 Å². The molecule has 0 fully saturated rings. The molecule has 1 aromatic heterocycles. The van der Waals surface area contributed by atoms with Crippen LogP contribution in [0.25, 0.3) is 0 Å².